The molecule has 3 N–H and O–H groups in total. The van der Waals surface area contributed by atoms with Gasteiger partial charge in [0.1, 0.15) is 0 Å². The lowest BCUT2D eigenvalue weighted by Gasteiger charge is -1.96. The molecule has 5 heteroatoms. The number of benzene rings is 1. The Morgan fingerprint density at radius 1 is 1.43 bits per heavy atom. The van der Waals surface area contributed by atoms with Crippen LogP contribution in [0.2, 0.25) is 5.02 Å². The van der Waals surface area contributed by atoms with E-state index in [1.54, 1.807) is 0 Å². The van der Waals surface area contributed by atoms with Gasteiger partial charge in [0, 0.05) is 16.0 Å². The van der Waals surface area contributed by atoms with Gasteiger partial charge < -0.3 is 0 Å². The van der Waals surface area contributed by atoms with E-state index in [1.165, 1.54) is 11.3 Å². The number of rotatable bonds is 2. The summed E-state index contributed by atoms with van der Waals surface area (Å²) in [6, 6.07) is 7.56. The smallest absolute Gasteiger partial charge is 0.197 e. The second kappa shape index (κ2) is 3.96. The Hall–Kier alpha value is -1.10. The second-order valence-electron chi connectivity index (χ2n) is 2.69. The zero-order chi connectivity index (χ0) is 9.97. The Bertz CT molecular complexity index is 441. The molecule has 0 saturated heterocycles. The van der Waals surface area contributed by atoms with E-state index in [9.17, 15) is 0 Å². The molecule has 3 nitrogen and oxygen atoms in total. The third kappa shape index (κ3) is 1.87. The van der Waals surface area contributed by atoms with Crippen molar-refractivity contribution < 1.29 is 0 Å². The van der Waals surface area contributed by atoms with E-state index in [-0.39, 0.29) is 0 Å². The van der Waals surface area contributed by atoms with Crippen LogP contribution in [0.15, 0.2) is 29.6 Å². The maximum atomic E-state index is 5.87. The summed E-state index contributed by atoms with van der Waals surface area (Å²) >= 11 is 7.33. The maximum absolute atomic E-state index is 5.87. The van der Waals surface area contributed by atoms with Gasteiger partial charge in [0.15, 0.2) is 5.13 Å². The molecule has 2 aromatic rings. The van der Waals surface area contributed by atoms with Gasteiger partial charge in [-0.1, -0.05) is 23.7 Å². The summed E-state index contributed by atoms with van der Waals surface area (Å²) in [5.74, 6) is 5.24. The van der Waals surface area contributed by atoms with Gasteiger partial charge >= 0.3 is 0 Å². The fraction of sp³-hybridized carbons (Fsp3) is 0. The predicted octanol–water partition coefficient (Wildman–Crippen LogP) is 2.75. The summed E-state index contributed by atoms with van der Waals surface area (Å²) in [6.45, 7) is 0. The number of thiazole rings is 1. The Labute approximate surface area is 90.5 Å². The summed E-state index contributed by atoms with van der Waals surface area (Å²) in [5.41, 5.74) is 4.38. The molecule has 2 rings (SSSR count). The van der Waals surface area contributed by atoms with Crippen LogP contribution < -0.4 is 11.3 Å². The third-order valence-electron chi connectivity index (χ3n) is 1.75. The highest BCUT2D eigenvalue weighted by Gasteiger charge is 2.03. The summed E-state index contributed by atoms with van der Waals surface area (Å²) < 4.78 is 0. The molecule has 0 amide bonds. The van der Waals surface area contributed by atoms with Gasteiger partial charge in [0.25, 0.3) is 0 Å². The van der Waals surface area contributed by atoms with Crippen molar-refractivity contribution in [3.05, 3.63) is 34.7 Å². The Balaban J connectivity index is 2.39. The summed E-state index contributed by atoms with van der Waals surface area (Å²) in [7, 11) is 0. The number of hydrogen-bond acceptors (Lipinski definition) is 4. The number of hydrazine groups is 1. The standard InChI is InChI=1S/C9H8ClN3S/c10-7-3-1-2-6(4-7)8-5-14-9(12-8)13-11/h1-5H,11H2,(H,12,13). The summed E-state index contributed by atoms with van der Waals surface area (Å²) in [5, 5.41) is 3.33. The average molecular weight is 226 g/mol. The van der Waals surface area contributed by atoms with Crippen molar-refractivity contribution in [2.75, 3.05) is 5.43 Å². The van der Waals surface area contributed by atoms with Gasteiger partial charge in [-0.25, -0.2) is 10.8 Å². The number of halogens is 1. The zero-order valence-corrected chi connectivity index (χ0v) is 8.77. The number of nitrogen functional groups attached to an aromatic ring is 1. The molecule has 0 radical (unpaired) electrons. The topological polar surface area (TPSA) is 50.9 Å². The van der Waals surface area contributed by atoms with Crippen LogP contribution in [0.1, 0.15) is 0 Å². The lowest BCUT2D eigenvalue weighted by molar-refractivity contribution is 1.29. The lowest BCUT2D eigenvalue weighted by Crippen LogP contribution is -2.05. The van der Waals surface area contributed by atoms with Gasteiger partial charge in [-0.3, -0.25) is 5.43 Å². The molecule has 14 heavy (non-hydrogen) atoms. The molecule has 1 aromatic carbocycles. The van der Waals surface area contributed by atoms with E-state index in [0.29, 0.717) is 10.2 Å². The van der Waals surface area contributed by atoms with E-state index in [4.69, 9.17) is 17.4 Å². The molecule has 1 aromatic heterocycles. The number of nitrogens with one attached hydrogen (secondary N) is 1. The molecule has 0 aliphatic carbocycles. The normalized spacial score (nSPS) is 10.1. The molecule has 0 fully saturated rings. The number of aromatic nitrogens is 1. The van der Waals surface area contributed by atoms with Crippen LogP contribution in [-0.2, 0) is 0 Å². The minimum Gasteiger partial charge on any atom is -0.300 e. The first-order valence-electron chi connectivity index (χ1n) is 3.97. The van der Waals surface area contributed by atoms with Gasteiger partial charge in [-0.2, -0.15) is 0 Å². The number of nitrogens with zero attached hydrogens (tertiary/aromatic N) is 1. The van der Waals surface area contributed by atoms with Gasteiger partial charge in [-0.15, -0.1) is 11.3 Å². The number of hydrogen-bond donors (Lipinski definition) is 2. The van der Waals surface area contributed by atoms with Crippen molar-refractivity contribution in [1.29, 1.82) is 0 Å². The molecule has 72 valence electrons. The molecule has 0 spiro atoms. The molecule has 1 heterocycles. The Morgan fingerprint density at radius 3 is 2.93 bits per heavy atom. The van der Waals surface area contributed by atoms with Gasteiger partial charge in [-0.05, 0) is 12.1 Å². The van der Waals surface area contributed by atoms with Crippen LogP contribution in [0, 0.1) is 0 Å². The van der Waals surface area contributed by atoms with Crippen LogP contribution in [0.5, 0.6) is 0 Å². The highest BCUT2D eigenvalue weighted by atomic mass is 35.5. The largest absolute Gasteiger partial charge is 0.300 e. The van der Waals surface area contributed by atoms with Crippen molar-refractivity contribution in [2.45, 2.75) is 0 Å². The van der Waals surface area contributed by atoms with Crippen molar-refractivity contribution in [3.8, 4) is 11.3 Å². The number of nitrogens with two attached hydrogens (primary N) is 1. The van der Waals surface area contributed by atoms with Crippen molar-refractivity contribution in [2.24, 2.45) is 5.84 Å². The van der Waals surface area contributed by atoms with Crippen LogP contribution in [-0.4, -0.2) is 4.98 Å². The van der Waals surface area contributed by atoms with E-state index < -0.39 is 0 Å². The molecule has 0 bridgehead atoms. The first-order chi connectivity index (χ1) is 6.79. The zero-order valence-electron chi connectivity index (χ0n) is 7.20. The monoisotopic (exact) mass is 225 g/mol. The molecule has 0 saturated carbocycles. The highest BCUT2D eigenvalue weighted by molar-refractivity contribution is 7.14. The lowest BCUT2D eigenvalue weighted by atomic mass is 10.2. The molecular weight excluding hydrogens is 218 g/mol. The van der Waals surface area contributed by atoms with Crippen molar-refractivity contribution in [3.63, 3.8) is 0 Å². The second-order valence-corrected chi connectivity index (χ2v) is 3.99. The number of anilines is 1. The predicted molar refractivity (Wildman–Crippen MR) is 60.4 cm³/mol. The Kier molecular flexibility index (Phi) is 2.67. The quantitative estimate of drug-likeness (QED) is 0.611. The fourth-order valence-electron chi connectivity index (χ4n) is 1.12. The van der Waals surface area contributed by atoms with Crippen LogP contribution >= 0.6 is 22.9 Å². The molecule has 0 atom stereocenters. The maximum Gasteiger partial charge on any atom is 0.197 e. The van der Waals surface area contributed by atoms with E-state index in [0.717, 1.165) is 11.3 Å². The van der Waals surface area contributed by atoms with Crippen LogP contribution in [0.4, 0.5) is 5.13 Å². The van der Waals surface area contributed by atoms with E-state index in [1.807, 2.05) is 29.6 Å². The van der Waals surface area contributed by atoms with Crippen molar-refractivity contribution >= 4 is 28.1 Å². The average Bonchev–Trinajstić information content (AvgIpc) is 2.66. The van der Waals surface area contributed by atoms with E-state index in [2.05, 4.69) is 10.4 Å². The Morgan fingerprint density at radius 2 is 2.29 bits per heavy atom. The molecule has 0 unspecified atom stereocenters. The van der Waals surface area contributed by atoms with Crippen LogP contribution in [0.3, 0.4) is 0 Å². The summed E-state index contributed by atoms with van der Waals surface area (Å²) in [4.78, 5) is 4.26. The minimum atomic E-state index is 0.694. The molecule has 0 aliphatic rings. The van der Waals surface area contributed by atoms with Gasteiger partial charge in [0.2, 0.25) is 0 Å². The van der Waals surface area contributed by atoms with E-state index >= 15 is 0 Å². The third-order valence-corrected chi connectivity index (χ3v) is 2.76. The highest BCUT2D eigenvalue weighted by Crippen LogP contribution is 2.25. The van der Waals surface area contributed by atoms with Crippen LogP contribution in [0.25, 0.3) is 11.3 Å². The fourth-order valence-corrected chi connectivity index (χ4v) is 1.94. The SMILES string of the molecule is NNc1nc(-c2cccc(Cl)c2)cs1. The van der Waals surface area contributed by atoms with Crippen molar-refractivity contribution in [1.82, 2.24) is 4.98 Å². The van der Waals surface area contributed by atoms with Gasteiger partial charge in [0.05, 0.1) is 5.69 Å². The summed E-state index contributed by atoms with van der Waals surface area (Å²) in [6.07, 6.45) is 0. The molecule has 0 aliphatic heterocycles. The first-order valence-corrected chi connectivity index (χ1v) is 5.23. The minimum absolute atomic E-state index is 0.694. The molecular formula is C9H8ClN3S. The first kappa shape index (κ1) is 9.45.